The molecule has 0 N–H and O–H groups in total. The van der Waals surface area contributed by atoms with E-state index in [4.69, 9.17) is 9.97 Å². The Morgan fingerprint density at radius 3 is 2.58 bits per heavy atom. The van der Waals surface area contributed by atoms with Gasteiger partial charge in [0.25, 0.3) is 0 Å². The fraction of sp³-hybridized carbons (Fsp3) is 0.500. The van der Waals surface area contributed by atoms with Crippen molar-refractivity contribution in [2.75, 3.05) is 40.9 Å². The number of halogens is 1. The molecule has 140 valence electrons. The fourth-order valence-electron chi connectivity index (χ4n) is 3.24. The average molecular weight is 482 g/mol. The zero-order valence-electron chi connectivity index (χ0n) is 15.8. The Labute approximate surface area is 174 Å². The molecule has 1 saturated heterocycles. The summed E-state index contributed by atoms with van der Waals surface area (Å²) < 4.78 is 1.26. The third-order valence-electron chi connectivity index (χ3n) is 4.56. The Balaban J connectivity index is 1.93. The molecule has 6 heteroatoms. The maximum absolute atomic E-state index is 4.93. The number of thioether (sulfide) groups is 1. The molecule has 0 bridgehead atoms. The molecule has 0 aliphatic carbocycles. The molecule has 0 amide bonds. The summed E-state index contributed by atoms with van der Waals surface area (Å²) in [6.45, 7) is 9.43. The average Bonchev–Trinajstić information content (AvgIpc) is 2.64. The number of rotatable bonds is 6. The Hall–Kier alpha value is -1.02. The molecule has 0 atom stereocenters. The summed E-state index contributed by atoms with van der Waals surface area (Å²) in [6.07, 6.45) is 2.30. The van der Waals surface area contributed by atoms with Crippen molar-refractivity contribution in [3.8, 4) is 0 Å². The van der Waals surface area contributed by atoms with Crippen LogP contribution in [0.2, 0.25) is 0 Å². The Morgan fingerprint density at radius 2 is 1.92 bits per heavy atom. The maximum atomic E-state index is 4.93. The summed E-state index contributed by atoms with van der Waals surface area (Å²) in [6, 6.07) is 8.87. The van der Waals surface area contributed by atoms with Gasteiger partial charge in [0.15, 0.2) is 0 Å². The van der Waals surface area contributed by atoms with Crippen LogP contribution < -0.4 is 9.80 Å². The van der Waals surface area contributed by atoms with Gasteiger partial charge in [0.1, 0.15) is 5.82 Å². The lowest BCUT2D eigenvalue weighted by atomic mass is 10.1. The first-order chi connectivity index (χ1) is 12.6. The van der Waals surface area contributed by atoms with Gasteiger partial charge in [-0.3, -0.25) is 0 Å². The molecule has 3 rings (SSSR count). The molecule has 4 nitrogen and oxygen atoms in total. The van der Waals surface area contributed by atoms with Crippen LogP contribution in [0.5, 0.6) is 0 Å². The standard InChI is InChI=1S/C20H27IN4S/c1-4-6-16-7-8-18(17(21)14-16)25(5-2)20-22-15(3)13-19(23-20)24-9-11-26-12-10-24/h7-8,13-14H,4-6,9-12H2,1-3H3. The lowest BCUT2D eigenvalue weighted by Gasteiger charge is -2.29. The van der Waals surface area contributed by atoms with Crippen LogP contribution >= 0.6 is 34.4 Å². The third-order valence-corrected chi connectivity index (χ3v) is 6.37. The summed E-state index contributed by atoms with van der Waals surface area (Å²) in [5, 5.41) is 0. The molecule has 0 radical (unpaired) electrons. The van der Waals surface area contributed by atoms with E-state index in [0.717, 1.165) is 43.5 Å². The Morgan fingerprint density at radius 1 is 1.15 bits per heavy atom. The second-order valence-electron chi connectivity index (χ2n) is 6.55. The summed E-state index contributed by atoms with van der Waals surface area (Å²) in [7, 11) is 0. The molecular weight excluding hydrogens is 455 g/mol. The number of hydrogen-bond donors (Lipinski definition) is 0. The number of hydrogen-bond acceptors (Lipinski definition) is 5. The van der Waals surface area contributed by atoms with E-state index in [1.165, 1.54) is 32.7 Å². The highest BCUT2D eigenvalue weighted by Crippen LogP contribution is 2.30. The first-order valence-corrected chi connectivity index (χ1v) is 11.6. The highest BCUT2D eigenvalue weighted by molar-refractivity contribution is 14.1. The van der Waals surface area contributed by atoms with E-state index in [1.54, 1.807) is 0 Å². The van der Waals surface area contributed by atoms with Gasteiger partial charge in [0.05, 0.1) is 5.69 Å². The van der Waals surface area contributed by atoms with E-state index < -0.39 is 0 Å². The molecule has 1 fully saturated rings. The number of anilines is 3. The van der Waals surface area contributed by atoms with Gasteiger partial charge in [-0.1, -0.05) is 19.4 Å². The normalized spacial score (nSPS) is 14.5. The van der Waals surface area contributed by atoms with Crippen LogP contribution in [0.4, 0.5) is 17.5 Å². The van der Waals surface area contributed by atoms with Crippen molar-refractivity contribution in [3.63, 3.8) is 0 Å². The molecule has 2 heterocycles. The van der Waals surface area contributed by atoms with E-state index in [0.29, 0.717) is 0 Å². The quantitative estimate of drug-likeness (QED) is 0.538. The monoisotopic (exact) mass is 482 g/mol. The van der Waals surface area contributed by atoms with E-state index in [-0.39, 0.29) is 0 Å². The molecule has 26 heavy (non-hydrogen) atoms. The van der Waals surface area contributed by atoms with Crippen molar-refractivity contribution in [2.45, 2.75) is 33.6 Å². The third kappa shape index (κ3) is 4.63. The summed E-state index contributed by atoms with van der Waals surface area (Å²) in [5.41, 5.74) is 3.62. The van der Waals surface area contributed by atoms with Gasteiger partial charge in [-0.15, -0.1) is 0 Å². The van der Waals surface area contributed by atoms with Gasteiger partial charge in [0.2, 0.25) is 5.95 Å². The minimum atomic E-state index is 0.807. The highest BCUT2D eigenvalue weighted by atomic mass is 127. The fourth-order valence-corrected chi connectivity index (χ4v) is 5.02. The number of benzene rings is 1. The lowest BCUT2D eigenvalue weighted by molar-refractivity contribution is 0.824. The zero-order valence-corrected chi connectivity index (χ0v) is 18.8. The van der Waals surface area contributed by atoms with Gasteiger partial charge in [0, 0.05) is 46.5 Å². The van der Waals surface area contributed by atoms with E-state index in [2.05, 4.69) is 77.4 Å². The number of nitrogens with zero attached hydrogens (tertiary/aromatic N) is 4. The first kappa shape index (κ1) is 19.7. The second-order valence-corrected chi connectivity index (χ2v) is 8.93. The van der Waals surface area contributed by atoms with Crippen LogP contribution in [-0.2, 0) is 6.42 Å². The minimum absolute atomic E-state index is 0.807. The highest BCUT2D eigenvalue weighted by Gasteiger charge is 2.18. The van der Waals surface area contributed by atoms with Crippen LogP contribution in [0.3, 0.4) is 0 Å². The zero-order chi connectivity index (χ0) is 18.5. The molecule has 0 saturated carbocycles. The van der Waals surface area contributed by atoms with Gasteiger partial charge >= 0.3 is 0 Å². The minimum Gasteiger partial charge on any atom is -0.355 e. The lowest BCUT2D eigenvalue weighted by Crippen LogP contribution is -2.33. The largest absolute Gasteiger partial charge is 0.355 e. The molecule has 1 aromatic carbocycles. The molecule has 1 aliphatic heterocycles. The van der Waals surface area contributed by atoms with Crippen LogP contribution in [0.15, 0.2) is 24.3 Å². The van der Waals surface area contributed by atoms with Gasteiger partial charge in [-0.2, -0.15) is 16.7 Å². The Kier molecular flexibility index (Phi) is 7.03. The number of aryl methyl sites for hydroxylation is 2. The molecule has 2 aromatic rings. The van der Waals surface area contributed by atoms with E-state index >= 15 is 0 Å². The smallest absolute Gasteiger partial charge is 0.232 e. The molecule has 0 spiro atoms. The van der Waals surface area contributed by atoms with Crippen molar-refractivity contribution in [1.82, 2.24) is 9.97 Å². The molecular formula is C20H27IN4S. The van der Waals surface area contributed by atoms with Crippen LogP contribution in [0.25, 0.3) is 0 Å². The van der Waals surface area contributed by atoms with Crippen molar-refractivity contribution in [3.05, 3.63) is 39.1 Å². The molecule has 1 aliphatic rings. The second kappa shape index (κ2) is 9.26. The Bertz CT molecular complexity index is 747. The predicted molar refractivity (Wildman–Crippen MR) is 122 cm³/mol. The van der Waals surface area contributed by atoms with Crippen molar-refractivity contribution in [2.24, 2.45) is 0 Å². The number of aromatic nitrogens is 2. The van der Waals surface area contributed by atoms with Crippen molar-refractivity contribution >= 4 is 51.8 Å². The van der Waals surface area contributed by atoms with E-state index in [9.17, 15) is 0 Å². The van der Waals surface area contributed by atoms with Crippen LogP contribution in [0, 0.1) is 10.5 Å². The van der Waals surface area contributed by atoms with Crippen molar-refractivity contribution in [1.29, 1.82) is 0 Å². The van der Waals surface area contributed by atoms with Crippen LogP contribution in [-0.4, -0.2) is 41.1 Å². The molecule has 1 aromatic heterocycles. The van der Waals surface area contributed by atoms with Gasteiger partial charge in [-0.25, -0.2) is 4.98 Å². The summed E-state index contributed by atoms with van der Waals surface area (Å²) in [5.74, 6) is 4.21. The first-order valence-electron chi connectivity index (χ1n) is 9.36. The van der Waals surface area contributed by atoms with E-state index in [1.807, 2.05) is 11.8 Å². The van der Waals surface area contributed by atoms with Gasteiger partial charge in [-0.05, 0) is 60.6 Å². The summed E-state index contributed by atoms with van der Waals surface area (Å²) >= 11 is 4.46. The molecule has 0 unspecified atom stereocenters. The maximum Gasteiger partial charge on any atom is 0.232 e. The van der Waals surface area contributed by atoms with Gasteiger partial charge < -0.3 is 9.80 Å². The topological polar surface area (TPSA) is 32.3 Å². The van der Waals surface area contributed by atoms with Crippen molar-refractivity contribution < 1.29 is 0 Å². The SMILES string of the molecule is CCCc1ccc(N(CC)c2nc(C)cc(N3CCSCC3)n2)c(I)c1. The predicted octanol–water partition coefficient (Wildman–Crippen LogP) is 5.05. The van der Waals surface area contributed by atoms with Crippen LogP contribution in [0.1, 0.15) is 31.5 Å². The summed E-state index contributed by atoms with van der Waals surface area (Å²) in [4.78, 5) is 14.3.